The number of nitrogens with one attached hydrogen (secondary N) is 1. The first kappa shape index (κ1) is 18.8. The minimum absolute atomic E-state index is 0.00501. The third-order valence-electron chi connectivity index (χ3n) is 4.24. The summed E-state index contributed by atoms with van der Waals surface area (Å²) in [5.41, 5.74) is 2.44. The molecule has 6 heteroatoms. The van der Waals surface area contributed by atoms with Crippen molar-refractivity contribution in [1.29, 1.82) is 0 Å². The second kappa shape index (κ2) is 9.10. The van der Waals surface area contributed by atoms with E-state index in [1.54, 1.807) is 12.1 Å². The Morgan fingerprint density at radius 2 is 1.92 bits per heavy atom. The van der Waals surface area contributed by atoms with Crippen LogP contribution in [0.1, 0.15) is 30.0 Å². The van der Waals surface area contributed by atoms with Crippen LogP contribution in [0.15, 0.2) is 53.4 Å². The Morgan fingerprint density at radius 3 is 2.73 bits per heavy atom. The van der Waals surface area contributed by atoms with E-state index in [1.807, 2.05) is 30.3 Å². The summed E-state index contributed by atoms with van der Waals surface area (Å²) in [5, 5.41) is 3.62. The van der Waals surface area contributed by atoms with Crippen LogP contribution in [0, 0.1) is 0 Å². The molecule has 1 aliphatic rings. The topological polar surface area (TPSA) is 55.4 Å². The fraction of sp³-hybridized carbons (Fsp3) is 0.300. The number of aryl methyl sites for hydroxylation is 1. The number of carbonyl (C=O) groups excluding carboxylic acids is 2. The van der Waals surface area contributed by atoms with E-state index in [2.05, 4.69) is 11.4 Å². The summed E-state index contributed by atoms with van der Waals surface area (Å²) < 4.78 is 5.08. The number of ether oxygens (including phenoxy) is 1. The highest BCUT2D eigenvalue weighted by Gasteiger charge is 2.21. The lowest BCUT2D eigenvalue weighted by Crippen LogP contribution is -2.34. The smallest absolute Gasteiger partial charge is 0.316 e. The number of carbonyl (C=O) groups is 2. The Labute approximate surface area is 162 Å². The number of amides is 1. The van der Waals surface area contributed by atoms with E-state index in [4.69, 9.17) is 16.3 Å². The van der Waals surface area contributed by atoms with Gasteiger partial charge in [-0.3, -0.25) is 9.59 Å². The van der Waals surface area contributed by atoms with Crippen molar-refractivity contribution < 1.29 is 14.3 Å². The Kier molecular flexibility index (Phi) is 6.58. The van der Waals surface area contributed by atoms with Crippen molar-refractivity contribution in [1.82, 2.24) is 5.32 Å². The molecule has 0 saturated heterocycles. The molecule has 0 saturated carbocycles. The Morgan fingerprint density at radius 1 is 1.15 bits per heavy atom. The number of halogens is 1. The molecule has 0 bridgehead atoms. The fourth-order valence-corrected chi connectivity index (χ4v) is 3.82. The van der Waals surface area contributed by atoms with Crippen LogP contribution in [-0.2, 0) is 20.7 Å². The zero-order valence-electron chi connectivity index (χ0n) is 14.2. The van der Waals surface area contributed by atoms with Crippen molar-refractivity contribution in [3.8, 4) is 0 Å². The van der Waals surface area contributed by atoms with E-state index in [-0.39, 0.29) is 24.3 Å². The maximum atomic E-state index is 12.1. The van der Waals surface area contributed by atoms with E-state index >= 15 is 0 Å². The van der Waals surface area contributed by atoms with Gasteiger partial charge < -0.3 is 10.1 Å². The van der Waals surface area contributed by atoms with E-state index in [9.17, 15) is 9.59 Å². The van der Waals surface area contributed by atoms with Gasteiger partial charge in [-0.15, -0.1) is 11.8 Å². The molecule has 3 rings (SSSR count). The lowest BCUT2D eigenvalue weighted by Gasteiger charge is -2.26. The average molecular weight is 390 g/mol. The van der Waals surface area contributed by atoms with Crippen molar-refractivity contribution in [2.45, 2.75) is 30.2 Å². The summed E-state index contributed by atoms with van der Waals surface area (Å²) >= 11 is 7.18. The molecule has 0 unspecified atom stereocenters. The lowest BCUT2D eigenvalue weighted by molar-refractivity contribution is -0.146. The Balaban J connectivity index is 1.43. The molecule has 1 N–H and O–H groups in total. The van der Waals surface area contributed by atoms with Gasteiger partial charge in [0.1, 0.15) is 0 Å². The maximum absolute atomic E-state index is 12.1. The second-order valence-electron chi connectivity index (χ2n) is 6.11. The van der Waals surface area contributed by atoms with Crippen molar-refractivity contribution >= 4 is 35.2 Å². The van der Waals surface area contributed by atoms with E-state index in [0.29, 0.717) is 5.02 Å². The second-order valence-corrected chi connectivity index (χ2v) is 7.60. The monoisotopic (exact) mass is 389 g/mol. The van der Waals surface area contributed by atoms with Gasteiger partial charge in [0.15, 0.2) is 6.61 Å². The molecule has 0 aliphatic heterocycles. The Hall–Kier alpha value is -1.98. The molecule has 1 atom stereocenters. The number of rotatable bonds is 6. The molecule has 4 nitrogen and oxygen atoms in total. The standard InChI is InChI=1S/C20H20ClNO3S/c21-15-8-10-16(11-9-15)26-13-20(24)25-12-19(23)22-18-7-3-5-14-4-1-2-6-17(14)18/h1-2,4,6,8-11,18H,3,5,7,12-13H2,(H,22,23)/t18-/m1/s1. The van der Waals surface area contributed by atoms with Gasteiger partial charge in [0.25, 0.3) is 5.91 Å². The van der Waals surface area contributed by atoms with Gasteiger partial charge in [0.2, 0.25) is 0 Å². The summed E-state index contributed by atoms with van der Waals surface area (Å²) in [6.45, 7) is -0.251. The molecule has 0 aromatic heterocycles. The zero-order chi connectivity index (χ0) is 18.4. The molecule has 136 valence electrons. The fourth-order valence-electron chi connectivity index (χ4n) is 3.00. The first-order chi connectivity index (χ1) is 12.6. The third kappa shape index (κ3) is 5.26. The predicted molar refractivity (Wildman–Crippen MR) is 103 cm³/mol. The number of thioether (sulfide) groups is 1. The van der Waals surface area contributed by atoms with Crippen LogP contribution in [0.5, 0.6) is 0 Å². The summed E-state index contributed by atoms with van der Waals surface area (Å²) in [4.78, 5) is 24.9. The molecule has 2 aromatic rings. The maximum Gasteiger partial charge on any atom is 0.316 e. The van der Waals surface area contributed by atoms with Gasteiger partial charge in [0.05, 0.1) is 11.8 Å². The van der Waals surface area contributed by atoms with Gasteiger partial charge in [0, 0.05) is 9.92 Å². The van der Waals surface area contributed by atoms with E-state index in [1.165, 1.54) is 17.3 Å². The van der Waals surface area contributed by atoms with E-state index < -0.39 is 5.97 Å². The van der Waals surface area contributed by atoms with Gasteiger partial charge >= 0.3 is 5.97 Å². The van der Waals surface area contributed by atoms with Crippen molar-refractivity contribution in [3.63, 3.8) is 0 Å². The highest BCUT2D eigenvalue weighted by molar-refractivity contribution is 8.00. The molecule has 26 heavy (non-hydrogen) atoms. The predicted octanol–water partition coefficient (Wildman–Crippen LogP) is 4.17. The third-order valence-corrected chi connectivity index (χ3v) is 5.48. The normalized spacial score (nSPS) is 15.8. The number of esters is 1. The quantitative estimate of drug-likeness (QED) is 0.595. The number of fused-ring (bicyclic) bond motifs is 1. The van der Waals surface area contributed by atoms with Gasteiger partial charge in [-0.2, -0.15) is 0 Å². The first-order valence-electron chi connectivity index (χ1n) is 8.53. The average Bonchev–Trinajstić information content (AvgIpc) is 2.66. The van der Waals surface area contributed by atoms with Crippen LogP contribution in [0.25, 0.3) is 0 Å². The highest BCUT2D eigenvalue weighted by atomic mass is 35.5. The molecular weight excluding hydrogens is 370 g/mol. The molecule has 1 amide bonds. The molecule has 1 aliphatic carbocycles. The van der Waals surface area contributed by atoms with Crippen molar-refractivity contribution in [2.24, 2.45) is 0 Å². The van der Waals surface area contributed by atoms with Crippen LogP contribution in [0.2, 0.25) is 5.02 Å². The minimum Gasteiger partial charge on any atom is -0.455 e. The SMILES string of the molecule is O=C(COC(=O)CSc1ccc(Cl)cc1)N[C@@H]1CCCc2ccccc21. The lowest BCUT2D eigenvalue weighted by atomic mass is 9.88. The van der Waals surface area contributed by atoms with Gasteiger partial charge in [-0.25, -0.2) is 0 Å². The Bertz CT molecular complexity index is 779. The van der Waals surface area contributed by atoms with Crippen LogP contribution < -0.4 is 5.32 Å². The summed E-state index contributed by atoms with van der Waals surface area (Å²) in [6, 6.07) is 15.4. The first-order valence-corrected chi connectivity index (χ1v) is 9.89. The molecule has 0 radical (unpaired) electrons. The number of benzene rings is 2. The number of hydrogen-bond donors (Lipinski definition) is 1. The molecule has 0 heterocycles. The minimum atomic E-state index is -0.413. The van der Waals surface area contributed by atoms with Crippen LogP contribution in [0.3, 0.4) is 0 Å². The van der Waals surface area contributed by atoms with Crippen LogP contribution in [0.4, 0.5) is 0 Å². The van der Waals surface area contributed by atoms with Gasteiger partial charge in [-0.1, -0.05) is 35.9 Å². The molecule has 0 spiro atoms. The molecule has 0 fully saturated rings. The van der Waals surface area contributed by atoms with E-state index in [0.717, 1.165) is 29.7 Å². The largest absolute Gasteiger partial charge is 0.455 e. The highest BCUT2D eigenvalue weighted by Crippen LogP contribution is 2.29. The molecular formula is C20H20ClNO3S. The molecule has 2 aromatic carbocycles. The summed E-state index contributed by atoms with van der Waals surface area (Å²) in [6.07, 6.45) is 2.99. The summed E-state index contributed by atoms with van der Waals surface area (Å²) in [7, 11) is 0. The van der Waals surface area contributed by atoms with Crippen LogP contribution in [-0.4, -0.2) is 24.2 Å². The van der Waals surface area contributed by atoms with Crippen LogP contribution >= 0.6 is 23.4 Å². The van der Waals surface area contributed by atoms with Crippen molar-refractivity contribution in [3.05, 3.63) is 64.7 Å². The zero-order valence-corrected chi connectivity index (χ0v) is 15.8. The van der Waals surface area contributed by atoms with Gasteiger partial charge in [-0.05, 0) is 54.7 Å². The number of hydrogen-bond acceptors (Lipinski definition) is 4. The van der Waals surface area contributed by atoms with Crippen molar-refractivity contribution in [2.75, 3.05) is 12.4 Å². The summed E-state index contributed by atoms with van der Waals surface area (Å²) in [5.74, 6) is -0.526.